The van der Waals surface area contributed by atoms with Gasteiger partial charge in [0.1, 0.15) is 11.8 Å². The first-order chi connectivity index (χ1) is 7.81. The molecule has 1 heterocycles. The van der Waals surface area contributed by atoms with Crippen molar-refractivity contribution >= 4 is 5.69 Å². The largest absolute Gasteiger partial charge is 0.479 e. The highest BCUT2D eigenvalue weighted by molar-refractivity contribution is 5.54. The monoisotopic (exact) mass is 214 g/mol. The maximum absolute atomic E-state index is 8.45. The molecule has 1 aromatic carbocycles. The average molecular weight is 214 g/mol. The van der Waals surface area contributed by atoms with E-state index in [1.165, 1.54) is 31.6 Å². The molecule has 0 amide bonds. The van der Waals surface area contributed by atoms with Crippen LogP contribution in [0, 0.1) is 16.7 Å². The summed E-state index contributed by atoms with van der Waals surface area (Å²) in [6, 6.07) is 9.99. The Morgan fingerprint density at radius 3 is 2.88 bits per heavy atom. The normalized spacial score (nSPS) is 20.1. The Kier molecular flexibility index (Phi) is 2.03. The minimum absolute atomic E-state index is 0.118. The lowest BCUT2D eigenvalue weighted by molar-refractivity contribution is 0.365. The molecule has 1 aliphatic carbocycles. The fraction of sp³-hybridized carbons (Fsp3) is 0.462. The van der Waals surface area contributed by atoms with E-state index in [4.69, 9.17) is 10.00 Å². The molecule has 2 fully saturated rings. The number of nitriles is 1. The van der Waals surface area contributed by atoms with Crippen molar-refractivity contribution in [3.63, 3.8) is 0 Å². The summed E-state index contributed by atoms with van der Waals surface area (Å²) in [7, 11) is 0. The Morgan fingerprint density at radius 1 is 1.38 bits per heavy atom. The number of hydrogen-bond donors (Lipinski definition) is 0. The molecule has 3 heteroatoms. The maximum Gasteiger partial charge on any atom is 0.174 e. The lowest BCUT2D eigenvalue weighted by atomic mass is 9.96. The molecule has 3 nitrogen and oxygen atoms in total. The Labute approximate surface area is 95.2 Å². The van der Waals surface area contributed by atoms with Gasteiger partial charge in [0.2, 0.25) is 0 Å². The SMILES string of the molecule is N#CCOc1cccc(N2CC3(CC3)C2)c1. The van der Waals surface area contributed by atoms with E-state index in [-0.39, 0.29) is 6.61 Å². The molecule has 16 heavy (non-hydrogen) atoms. The quantitative estimate of drug-likeness (QED) is 0.773. The van der Waals surface area contributed by atoms with E-state index in [1.807, 2.05) is 24.3 Å². The molecule has 0 bridgehead atoms. The van der Waals surface area contributed by atoms with E-state index in [2.05, 4.69) is 11.0 Å². The first kappa shape index (κ1) is 9.53. The first-order valence-electron chi connectivity index (χ1n) is 5.66. The van der Waals surface area contributed by atoms with Gasteiger partial charge in [-0.2, -0.15) is 5.26 Å². The van der Waals surface area contributed by atoms with Gasteiger partial charge in [-0.25, -0.2) is 0 Å². The van der Waals surface area contributed by atoms with Gasteiger partial charge in [0.25, 0.3) is 0 Å². The van der Waals surface area contributed by atoms with Crippen LogP contribution in [0.15, 0.2) is 24.3 Å². The summed E-state index contributed by atoms with van der Waals surface area (Å²) in [5.74, 6) is 0.788. The van der Waals surface area contributed by atoms with Gasteiger partial charge in [0, 0.05) is 30.3 Å². The van der Waals surface area contributed by atoms with E-state index in [1.54, 1.807) is 0 Å². The van der Waals surface area contributed by atoms with Crippen LogP contribution in [0.1, 0.15) is 12.8 Å². The third-order valence-electron chi connectivity index (χ3n) is 3.50. The topological polar surface area (TPSA) is 36.3 Å². The average Bonchev–Trinajstić information content (AvgIpc) is 3.05. The molecule has 0 N–H and O–H groups in total. The van der Waals surface area contributed by atoms with E-state index in [9.17, 15) is 0 Å². The second-order valence-electron chi connectivity index (χ2n) is 4.80. The molecule has 0 atom stereocenters. The standard InChI is InChI=1S/C13H14N2O/c14-6-7-16-12-3-1-2-11(8-12)15-9-13(10-15)4-5-13/h1-3,8H,4-5,7,9-10H2. The molecule has 1 aromatic rings. The Balaban J connectivity index is 1.68. The van der Waals surface area contributed by atoms with Crippen LogP contribution in [-0.2, 0) is 0 Å². The lowest BCUT2D eigenvalue weighted by Gasteiger charge is -2.42. The van der Waals surface area contributed by atoms with E-state index < -0.39 is 0 Å². The Morgan fingerprint density at radius 2 is 2.19 bits per heavy atom. The fourth-order valence-electron chi connectivity index (χ4n) is 2.32. The summed E-state index contributed by atoms with van der Waals surface area (Å²) in [4.78, 5) is 2.38. The van der Waals surface area contributed by atoms with Crippen LogP contribution in [0.3, 0.4) is 0 Å². The van der Waals surface area contributed by atoms with Crippen molar-refractivity contribution in [1.29, 1.82) is 5.26 Å². The van der Waals surface area contributed by atoms with Crippen LogP contribution < -0.4 is 9.64 Å². The predicted octanol–water partition coefficient (Wildman–Crippen LogP) is 2.19. The Hall–Kier alpha value is -1.69. The van der Waals surface area contributed by atoms with Gasteiger partial charge in [0.15, 0.2) is 6.61 Å². The van der Waals surface area contributed by atoms with Crippen molar-refractivity contribution < 1.29 is 4.74 Å². The van der Waals surface area contributed by atoms with Crippen LogP contribution >= 0.6 is 0 Å². The lowest BCUT2D eigenvalue weighted by Crippen LogP contribution is -2.48. The number of ether oxygens (including phenoxy) is 1. The zero-order valence-electron chi connectivity index (χ0n) is 9.15. The van der Waals surface area contributed by atoms with E-state index in [0.717, 1.165) is 5.75 Å². The summed E-state index contributed by atoms with van der Waals surface area (Å²) in [6.07, 6.45) is 2.79. The van der Waals surface area contributed by atoms with Crippen molar-refractivity contribution in [1.82, 2.24) is 0 Å². The summed E-state index contributed by atoms with van der Waals surface area (Å²) in [6.45, 7) is 2.50. The zero-order chi connectivity index (χ0) is 11.0. The Bertz CT molecular complexity index is 437. The molecule has 1 spiro atoms. The molecular formula is C13H14N2O. The minimum Gasteiger partial charge on any atom is -0.479 e. The van der Waals surface area contributed by atoms with E-state index in [0.29, 0.717) is 5.41 Å². The summed E-state index contributed by atoms with van der Waals surface area (Å²) < 4.78 is 5.29. The number of hydrogen-bond acceptors (Lipinski definition) is 3. The molecule has 1 saturated carbocycles. The van der Waals surface area contributed by atoms with Crippen molar-refractivity contribution in [3.05, 3.63) is 24.3 Å². The molecule has 82 valence electrons. The van der Waals surface area contributed by atoms with Crippen molar-refractivity contribution in [2.45, 2.75) is 12.8 Å². The third-order valence-corrected chi connectivity index (χ3v) is 3.50. The second kappa shape index (κ2) is 3.41. The summed E-state index contributed by atoms with van der Waals surface area (Å²) in [5, 5.41) is 8.45. The maximum atomic E-state index is 8.45. The fourth-order valence-corrected chi connectivity index (χ4v) is 2.32. The molecule has 2 aliphatic rings. The van der Waals surface area contributed by atoms with Crippen molar-refractivity contribution in [2.24, 2.45) is 5.41 Å². The van der Waals surface area contributed by atoms with Gasteiger partial charge >= 0.3 is 0 Å². The molecule has 0 radical (unpaired) electrons. The van der Waals surface area contributed by atoms with Crippen LogP contribution in [0.4, 0.5) is 5.69 Å². The van der Waals surface area contributed by atoms with Crippen molar-refractivity contribution in [3.8, 4) is 11.8 Å². The highest BCUT2D eigenvalue weighted by atomic mass is 16.5. The molecule has 3 rings (SSSR count). The van der Waals surface area contributed by atoms with Crippen molar-refractivity contribution in [2.75, 3.05) is 24.6 Å². The molecule has 0 aromatic heterocycles. The second-order valence-corrected chi connectivity index (χ2v) is 4.80. The summed E-state index contributed by atoms with van der Waals surface area (Å²) in [5.41, 5.74) is 1.89. The van der Waals surface area contributed by atoms with Gasteiger partial charge in [-0.1, -0.05) is 6.07 Å². The minimum atomic E-state index is 0.118. The van der Waals surface area contributed by atoms with Crippen LogP contribution in [0.2, 0.25) is 0 Å². The van der Waals surface area contributed by atoms with Gasteiger partial charge in [-0.05, 0) is 25.0 Å². The van der Waals surface area contributed by atoms with Crippen LogP contribution in [-0.4, -0.2) is 19.7 Å². The van der Waals surface area contributed by atoms with Gasteiger partial charge in [-0.3, -0.25) is 0 Å². The highest BCUT2D eigenvalue weighted by Gasteiger charge is 2.52. The molecule has 1 aliphatic heterocycles. The van der Waals surface area contributed by atoms with Crippen LogP contribution in [0.5, 0.6) is 5.75 Å². The van der Waals surface area contributed by atoms with Gasteiger partial charge in [-0.15, -0.1) is 0 Å². The number of nitrogens with zero attached hydrogens (tertiary/aromatic N) is 2. The first-order valence-corrected chi connectivity index (χ1v) is 5.66. The van der Waals surface area contributed by atoms with E-state index >= 15 is 0 Å². The van der Waals surface area contributed by atoms with Gasteiger partial charge < -0.3 is 9.64 Å². The highest BCUT2D eigenvalue weighted by Crippen LogP contribution is 2.53. The number of anilines is 1. The summed E-state index contributed by atoms with van der Waals surface area (Å²) >= 11 is 0. The molecule has 1 saturated heterocycles. The third kappa shape index (κ3) is 1.61. The smallest absolute Gasteiger partial charge is 0.174 e. The van der Waals surface area contributed by atoms with Gasteiger partial charge in [0.05, 0.1) is 0 Å². The molecule has 0 unspecified atom stereocenters. The number of benzene rings is 1. The van der Waals surface area contributed by atoms with Crippen LogP contribution in [0.25, 0.3) is 0 Å². The zero-order valence-corrected chi connectivity index (χ0v) is 9.15. The number of rotatable bonds is 3. The predicted molar refractivity (Wildman–Crippen MR) is 61.4 cm³/mol. The molecular weight excluding hydrogens is 200 g/mol.